The summed E-state index contributed by atoms with van der Waals surface area (Å²) in [5, 5.41) is 0. The molecule has 20 heavy (non-hydrogen) atoms. The van der Waals surface area contributed by atoms with Crippen molar-refractivity contribution in [2.75, 3.05) is 0 Å². The molecule has 2 nitrogen and oxygen atoms in total. The van der Waals surface area contributed by atoms with Crippen molar-refractivity contribution in [2.24, 2.45) is 0 Å². The molecule has 0 aliphatic heterocycles. The molecule has 2 aromatic carbocycles. The monoisotopic (exact) mass is 280 g/mol. The van der Waals surface area contributed by atoms with Crippen molar-refractivity contribution in [1.29, 1.82) is 0 Å². The molecule has 2 rings (SSSR count). The van der Waals surface area contributed by atoms with Crippen LogP contribution in [0.3, 0.4) is 0 Å². The molecule has 0 amide bonds. The van der Waals surface area contributed by atoms with E-state index in [9.17, 15) is 18.0 Å². The van der Waals surface area contributed by atoms with Gasteiger partial charge in [-0.1, -0.05) is 12.1 Å². The molecule has 0 aliphatic rings. The molecule has 0 unspecified atom stereocenters. The molecule has 0 aliphatic carbocycles. The van der Waals surface area contributed by atoms with Crippen LogP contribution in [-0.4, -0.2) is 6.29 Å². The van der Waals surface area contributed by atoms with Gasteiger partial charge in [0, 0.05) is 5.56 Å². The van der Waals surface area contributed by atoms with Gasteiger partial charge < -0.3 is 4.74 Å². The molecule has 0 heterocycles. The third kappa shape index (κ3) is 2.99. The molecule has 2 aromatic rings. The fraction of sp³-hybridized carbons (Fsp3) is 0.133. The van der Waals surface area contributed by atoms with Crippen molar-refractivity contribution >= 4 is 6.29 Å². The van der Waals surface area contributed by atoms with E-state index in [0.717, 1.165) is 6.07 Å². The maximum Gasteiger partial charge on any atom is 0.419 e. The van der Waals surface area contributed by atoms with Crippen molar-refractivity contribution in [1.82, 2.24) is 0 Å². The van der Waals surface area contributed by atoms with Crippen LogP contribution in [0.2, 0.25) is 0 Å². The molecule has 0 radical (unpaired) electrons. The summed E-state index contributed by atoms with van der Waals surface area (Å²) in [7, 11) is 0. The predicted octanol–water partition coefficient (Wildman–Crippen LogP) is 4.62. The molecule has 0 aromatic heterocycles. The van der Waals surface area contributed by atoms with Crippen LogP contribution in [0, 0.1) is 6.92 Å². The van der Waals surface area contributed by atoms with Gasteiger partial charge in [0.2, 0.25) is 0 Å². The number of carbonyl (C=O) groups is 1. The van der Waals surface area contributed by atoms with E-state index in [0.29, 0.717) is 17.4 Å². The highest BCUT2D eigenvalue weighted by atomic mass is 19.4. The van der Waals surface area contributed by atoms with E-state index in [-0.39, 0.29) is 11.5 Å². The molecule has 0 saturated heterocycles. The number of aryl methyl sites for hydroxylation is 1. The molecule has 0 bridgehead atoms. The SMILES string of the molecule is Cc1cc(Oc2ccccc2C(F)(F)F)ccc1C=O. The number of rotatable bonds is 3. The van der Waals surface area contributed by atoms with Gasteiger partial charge in [-0.15, -0.1) is 0 Å². The summed E-state index contributed by atoms with van der Waals surface area (Å²) in [6, 6.07) is 9.48. The summed E-state index contributed by atoms with van der Waals surface area (Å²) in [5.74, 6) is -0.0111. The average Bonchev–Trinajstić information content (AvgIpc) is 2.38. The number of ether oxygens (including phenoxy) is 1. The van der Waals surface area contributed by atoms with Gasteiger partial charge in [0.1, 0.15) is 17.8 Å². The van der Waals surface area contributed by atoms with E-state index >= 15 is 0 Å². The van der Waals surface area contributed by atoms with Crippen LogP contribution in [0.5, 0.6) is 11.5 Å². The highest BCUT2D eigenvalue weighted by Gasteiger charge is 2.34. The summed E-state index contributed by atoms with van der Waals surface area (Å²) in [6.45, 7) is 1.69. The standard InChI is InChI=1S/C15H11F3O2/c1-10-8-12(7-6-11(10)9-19)20-14-5-3-2-4-13(14)15(16,17)18/h2-9H,1H3. The van der Waals surface area contributed by atoms with Crippen molar-refractivity contribution in [3.8, 4) is 11.5 Å². The van der Waals surface area contributed by atoms with Gasteiger partial charge in [0.25, 0.3) is 0 Å². The van der Waals surface area contributed by atoms with Crippen molar-refractivity contribution in [3.05, 3.63) is 59.2 Å². The Balaban J connectivity index is 2.36. The molecule has 0 N–H and O–H groups in total. The number of halogens is 3. The van der Waals surface area contributed by atoms with Crippen molar-refractivity contribution in [2.45, 2.75) is 13.1 Å². The van der Waals surface area contributed by atoms with Gasteiger partial charge in [-0.05, 0) is 42.8 Å². The minimum Gasteiger partial charge on any atom is -0.457 e. The summed E-state index contributed by atoms with van der Waals surface area (Å²) in [5.41, 5.74) is 0.278. The Hall–Kier alpha value is -2.30. The zero-order chi connectivity index (χ0) is 14.8. The third-order valence-electron chi connectivity index (χ3n) is 2.79. The van der Waals surface area contributed by atoms with Gasteiger partial charge in [0.15, 0.2) is 0 Å². The first-order valence-electron chi connectivity index (χ1n) is 5.81. The number of hydrogen-bond donors (Lipinski definition) is 0. The van der Waals surface area contributed by atoms with Crippen LogP contribution < -0.4 is 4.74 Å². The summed E-state index contributed by atoms with van der Waals surface area (Å²) < 4.78 is 43.7. The molecule has 104 valence electrons. The Morgan fingerprint density at radius 1 is 1.10 bits per heavy atom. The number of benzene rings is 2. The number of aldehydes is 1. The third-order valence-corrected chi connectivity index (χ3v) is 2.79. The summed E-state index contributed by atoms with van der Waals surface area (Å²) >= 11 is 0. The first-order chi connectivity index (χ1) is 9.41. The van der Waals surface area contributed by atoms with Crippen LogP contribution in [0.4, 0.5) is 13.2 Å². The van der Waals surface area contributed by atoms with Gasteiger partial charge in [-0.25, -0.2) is 0 Å². The lowest BCUT2D eigenvalue weighted by Crippen LogP contribution is -2.06. The molecular weight excluding hydrogens is 269 g/mol. The zero-order valence-electron chi connectivity index (χ0n) is 10.6. The molecule has 0 spiro atoms. The van der Waals surface area contributed by atoms with Crippen LogP contribution in [0.15, 0.2) is 42.5 Å². The van der Waals surface area contributed by atoms with E-state index in [4.69, 9.17) is 4.74 Å². The first kappa shape index (κ1) is 14.1. The topological polar surface area (TPSA) is 26.3 Å². The van der Waals surface area contributed by atoms with E-state index in [1.165, 1.54) is 36.4 Å². The Morgan fingerprint density at radius 3 is 2.40 bits per heavy atom. The normalized spacial score (nSPS) is 11.2. The van der Waals surface area contributed by atoms with E-state index in [1.54, 1.807) is 6.92 Å². The highest BCUT2D eigenvalue weighted by molar-refractivity contribution is 5.77. The van der Waals surface area contributed by atoms with Gasteiger partial charge in [0.05, 0.1) is 5.56 Å². The number of hydrogen-bond acceptors (Lipinski definition) is 2. The lowest BCUT2D eigenvalue weighted by Gasteiger charge is -2.14. The number of carbonyl (C=O) groups excluding carboxylic acids is 1. The van der Waals surface area contributed by atoms with E-state index in [1.807, 2.05) is 0 Å². The molecular formula is C15H11F3O2. The van der Waals surface area contributed by atoms with Gasteiger partial charge >= 0.3 is 6.18 Å². The maximum atomic E-state index is 12.8. The Kier molecular flexibility index (Phi) is 3.79. The lowest BCUT2D eigenvalue weighted by molar-refractivity contribution is -0.138. The fourth-order valence-corrected chi connectivity index (χ4v) is 1.76. The number of alkyl halides is 3. The van der Waals surface area contributed by atoms with Crippen molar-refractivity contribution in [3.63, 3.8) is 0 Å². The molecule has 5 heteroatoms. The van der Waals surface area contributed by atoms with Crippen LogP contribution in [-0.2, 0) is 6.18 Å². The van der Waals surface area contributed by atoms with Crippen LogP contribution in [0.1, 0.15) is 21.5 Å². The first-order valence-corrected chi connectivity index (χ1v) is 5.81. The smallest absolute Gasteiger partial charge is 0.419 e. The average molecular weight is 280 g/mol. The summed E-state index contributed by atoms with van der Waals surface area (Å²) in [4.78, 5) is 10.7. The Bertz CT molecular complexity index is 633. The van der Waals surface area contributed by atoms with Gasteiger partial charge in [-0.2, -0.15) is 13.2 Å². The van der Waals surface area contributed by atoms with Crippen LogP contribution in [0.25, 0.3) is 0 Å². The van der Waals surface area contributed by atoms with Crippen LogP contribution >= 0.6 is 0 Å². The fourth-order valence-electron chi connectivity index (χ4n) is 1.76. The maximum absolute atomic E-state index is 12.8. The Morgan fingerprint density at radius 2 is 1.80 bits per heavy atom. The van der Waals surface area contributed by atoms with E-state index < -0.39 is 11.7 Å². The number of para-hydroxylation sites is 1. The minimum atomic E-state index is -4.48. The van der Waals surface area contributed by atoms with Gasteiger partial charge in [-0.3, -0.25) is 4.79 Å². The lowest BCUT2D eigenvalue weighted by atomic mass is 10.1. The minimum absolute atomic E-state index is 0.254. The molecule has 0 fully saturated rings. The molecule has 0 saturated carbocycles. The quantitative estimate of drug-likeness (QED) is 0.767. The second-order valence-electron chi connectivity index (χ2n) is 4.23. The largest absolute Gasteiger partial charge is 0.457 e. The predicted molar refractivity (Wildman–Crippen MR) is 68.1 cm³/mol. The summed E-state index contributed by atoms with van der Waals surface area (Å²) in [6.07, 6.45) is -3.79. The second-order valence-corrected chi connectivity index (χ2v) is 4.23. The second kappa shape index (κ2) is 5.36. The van der Waals surface area contributed by atoms with E-state index in [2.05, 4.69) is 0 Å². The van der Waals surface area contributed by atoms with Crippen molar-refractivity contribution < 1.29 is 22.7 Å². The molecule has 0 atom stereocenters. The highest BCUT2D eigenvalue weighted by Crippen LogP contribution is 2.38. The zero-order valence-corrected chi connectivity index (χ0v) is 10.6. The Labute approximate surface area is 113 Å².